The first-order valence-corrected chi connectivity index (χ1v) is 8.41. The van der Waals surface area contributed by atoms with Gasteiger partial charge in [0.05, 0.1) is 6.10 Å². The molecule has 25 heavy (non-hydrogen) atoms. The van der Waals surface area contributed by atoms with E-state index >= 15 is 0 Å². The quantitative estimate of drug-likeness (QED) is 0.841. The van der Waals surface area contributed by atoms with Crippen LogP contribution in [0, 0.1) is 5.92 Å². The topological polar surface area (TPSA) is 88.8 Å². The second-order valence-corrected chi connectivity index (χ2v) is 6.07. The average Bonchev–Trinajstić information content (AvgIpc) is 3.27. The van der Waals surface area contributed by atoms with E-state index in [1.807, 2.05) is 30.3 Å². The summed E-state index contributed by atoms with van der Waals surface area (Å²) in [5.74, 6) is -0.978. The Morgan fingerprint density at radius 1 is 1.28 bits per heavy atom. The van der Waals surface area contributed by atoms with E-state index in [2.05, 4.69) is 5.32 Å². The molecular formula is C19H21NO5. The number of hydrogen-bond acceptors (Lipinski definition) is 4. The Bertz CT molecular complexity index is 752. The minimum atomic E-state index is -1.09. The van der Waals surface area contributed by atoms with Crippen LogP contribution in [0.4, 0.5) is 0 Å². The molecule has 2 N–H and O–H groups in total. The zero-order valence-corrected chi connectivity index (χ0v) is 14.0. The molecule has 6 heteroatoms. The number of amides is 1. The Morgan fingerprint density at radius 3 is 2.68 bits per heavy atom. The third-order valence-electron chi connectivity index (χ3n) is 4.45. The molecule has 132 valence electrons. The maximum absolute atomic E-state index is 12.3. The fourth-order valence-corrected chi connectivity index (χ4v) is 3.15. The van der Waals surface area contributed by atoms with Gasteiger partial charge in [-0.25, -0.2) is 4.79 Å². The predicted octanol–water partition coefficient (Wildman–Crippen LogP) is 3.05. The van der Waals surface area contributed by atoms with E-state index in [-0.39, 0.29) is 23.3 Å². The monoisotopic (exact) mass is 343 g/mol. The van der Waals surface area contributed by atoms with Gasteiger partial charge in [0.25, 0.3) is 5.91 Å². The van der Waals surface area contributed by atoms with Crippen LogP contribution in [-0.4, -0.2) is 30.1 Å². The summed E-state index contributed by atoms with van der Waals surface area (Å²) in [6, 6.07) is 11.2. The van der Waals surface area contributed by atoms with E-state index in [4.69, 9.17) is 14.3 Å². The van der Waals surface area contributed by atoms with Crippen molar-refractivity contribution in [2.75, 3.05) is 13.2 Å². The van der Waals surface area contributed by atoms with Crippen molar-refractivity contribution in [3.63, 3.8) is 0 Å². The number of hydrogen-bond donors (Lipinski definition) is 2. The lowest BCUT2D eigenvalue weighted by Crippen LogP contribution is -2.30. The molecule has 1 aromatic carbocycles. The van der Waals surface area contributed by atoms with Crippen molar-refractivity contribution >= 4 is 11.9 Å². The number of carbonyl (C=O) groups is 2. The van der Waals surface area contributed by atoms with Crippen molar-refractivity contribution in [3.8, 4) is 0 Å². The van der Waals surface area contributed by atoms with E-state index in [1.165, 1.54) is 6.07 Å². The summed E-state index contributed by atoms with van der Waals surface area (Å²) in [7, 11) is 0. The van der Waals surface area contributed by atoms with Gasteiger partial charge in [-0.2, -0.15) is 0 Å². The highest BCUT2D eigenvalue weighted by Gasteiger charge is 2.30. The minimum Gasteiger partial charge on any atom is -0.478 e. The molecule has 1 aliphatic heterocycles. The number of carbonyl (C=O) groups excluding carboxylic acids is 1. The number of benzene rings is 1. The van der Waals surface area contributed by atoms with Crippen LogP contribution in [0.3, 0.4) is 0 Å². The van der Waals surface area contributed by atoms with Crippen molar-refractivity contribution in [3.05, 3.63) is 59.0 Å². The largest absolute Gasteiger partial charge is 0.478 e. The Morgan fingerprint density at radius 2 is 2.04 bits per heavy atom. The number of carboxylic acids is 1. The summed E-state index contributed by atoms with van der Waals surface area (Å²) in [5.41, 5.74) is 1.14. The lowest BCUT2D eigenvalue weighted by Gasteiger charge is -2.19. The second kappa shape index (κ2) is 7.53. The fraction of sp³-hybridized carbons (Fsp3) is 0.368. The van der Waals surface area contributed by atoms with Crippen LogP contribution >= 0.6 is 0 Å². The summed E-state index contributed by atoms with van der Waals surface area (Å²) in [5, 5.41) is 12.0. The molecule has 2 atom stereocenters. The van der Waals surface area contributed by atoms with Gasteiger partial charge in [-0.1, -0.05) is 37.3 Å². The predicted molar refractivity (Wildman–Crippen MR) is 90.6 cm³/mol. The highest BCUT2D eigenvalue weighted by atomic mass is 16.5. The number of nitrogens with one attached hydrogen (secondary N) is 1. The highest BCUT2D eigenvalue weighted by Crippen LogP contribution is 2.33. The van der Waals surface area contributed by atoms with Crippen LogP contribution in [0.15, 0.2) is 40.8 Å². The van der Waals surface area contributed by atoms with Gasteiger partial charge in [0.2, 0.25) is 0 Å². The first kappa shape index (κ1) is 17.2. The molecule has 1 amide bonds. The van der Waals surface area contributed by atoms with Gasteiger partial charge < -0.3 is 19.6 Å². The summed E-state index contributed by atoms with van der Waals surface area (Å²) < 4.78 is 11.2. The Kier molecular flexibility index (Phi) is 5.19. The van der Waals surface area contributed by atoms with Crippen LogP contribution < -0.4 is 5.32 Å². The van der Waals surface area contributed by atoms with Gasteiger partial charge in [-0.05, 0) is 12.0 Å². The van der Waals surface area contributed by atoms with Crippen molar-refractivity contribution in [2.24, 2.45) is 5.92 Å². The number of carboxylic acid groups (broad SMARTS) is 1. The molecular weight excluding hydrogens is 322 g/mol. The standard InChI is InChI=1S/C19H21NO5/c1-2-15-14(19(22)23)10-16(25-15)18(21)20-11-13-8-9-24-17(13)12-6-4-3-5-7-12/h3-7,10,13,17H,2,8-9,11H2,1H3,(H,20,21)(H,22,23)/t13-,17-/m0/s1. The van der Waals surface area contributed by atoms with Crippen molar-refractivity contribution in [1.29, 1.82) is 0 Å². The van der Waals surface area contributed by atoms with E-state index in [9.17, 15) is 9.59 Å². The Balaban J connectivity index is 1.65. The van der Waals surface area contributed by atoms with Crippen molar-refractivity contribution in [1.82, 2.24) is 5.32 Å². The summed E-state index contributed by atoms with van der Waals surface area (Å²) in [6.07, 6.45) is 1.24. The Labute approximate surface area is 145 Å². The van der Waals surface area contributed by atoms with Crippen molar-refractivity contribution in [2.45, 2.75) is 25.9 Å². The van der Waals surface area contributed by atoms with E-state index < -0.39 is 11.9 Å². The van der Waals surface area contributed by atoms with Gasteiger partial charge in [0.15, 0.2) is 5.76 Å². The van der Waals surface area contributed by atoms with Gasteiger partial charge in [-0.3, -0.25) is 4.79 Å². The maximum Gasteiger partial charge on any atom is 0.339 e. The highest BCUT2D eigenvalue weighted by molar-refractivity contribution is 5.96. The minimum absolute atomic E-state index is 0.0319. The Hall–Kier alpha value is -2.60. The molecule has 0 bridgehead atoms. The number of rotatable bonds is 6. The zero-order valence-electron chi connectivity index (χ0n) is 14.0. The van der Waals surface area contributed by atoms with Crippen LogP contribution in [-0.2, 0) is 11.2 Å². The first-order valence-electron chi connectivity index (χ1n) is 8.41. The van der Waals surface area contributed by atoms with E-state index in [1.54, 1.807) is 6.92 Å². The average molecular weight is 343 g/mol. The molecule has 1 aliphatic rings. The normalized spacial score (nSPS) is 19.7. The van der Waals surface area contributed by atoms with E-state index in [0.717, 1.165) is 12.0 Å². The molecule has 0 saturated carbocycles. The van der Waals surface area contributed by atoms with Gasteiger partial charge >= 0.3 is 5.97 Å². The smallest absolute Gasteiger partial charge is 0.339 e. The van der Waals surface area contributed by atoms with Crippen LogP contribution in [0.5, 0.6) is 0 Å². The lowest BCUT2D eigenvalue weighted by atomic mass is 9.95. The SMILES string of the molecule is CCc1oc(C(=O)NC[C@@H]2CCO[C@H]2c2ccccc2)cc1C(=O)O. The van der Waals surface area contributed by atoms with Crippen LogP contribution in [0.1, 0.15) is 51.7 Å². The molecule has 0 spiro atoms. The number of aromatic carboxylic acids is 1. The first-order chi connectivity index (χ1) is 12.1. The molecule has 2 heterocycles. The maximum atomic E-state index is 12.3. The lowest BCUT2D eigenvalue weighted by molar-refractivity contribution is 0.0693. The molecule has 1 aromatic heterocycles. The molecule has 6 nitrogen and oxygen atoms in total. The summed E-state index contributed by atoms with van der Waals surface area (Å²) in [4.78, 5) is 23.5. The second-order valence-electron chi connectivity index (χ2n) is 6.07. The molecule has 1 fully saturated rings. The number of aryl methyl sites for hydroxylation is 1. The van der Waals surface area contributed by atoms with Gasteiger partial charge in [-0.15, -0.1) is 0 Å². The third kappa shape index (κ3) is 3.74. The van der Waals surface area contributed by atoms with Gasteiger partial charge in [0, 0.05) is 31.6 Å². The molecule has 0 radical (unpaired) electrons. The molecule has 0 unspecified atom stereocenters. The summed E-state index contributed by atoms with van der Waals surface area (Å²) >= 11 is 0. The molecule has 3 rings (SSSR count). The van der Waals surface area contributed by atoms with Crippen LogP contribution in [0.2, 0.25) is 0 Å². The molecule has 0 aliphatic carbocycles. The van der Waals surface area contributed by atoms with Crippen LogP contribution in [0.25, 0.3) is 0 Å². The molecule has 2 aromatic rings. The summed E-state index contributed by atoms with van der Waals surface area (Å²) in [6.45, 7) is 2.89. The zero-order chi connectivity index (χ0) is 17.8. The number of ether oxygens (including phenoxy) is 1. The fourth-order valence-electron chi connectivity index (χ4n) is 3.15. The van der Waals surface area contributed by atoms with E-state index in [0.29, 0.717) is 25.3 Å². The number of furan rings is 1. The molecule has 1 saturated heterocycles. The van der Waals surface area contributed by atoms with Gasteiger partial charge in [0.1, 0.15) is 11.3 Å². The third-order valence-corrected chi connectivity index (χ3v) is 4.45. The van der Waals surface area contributed by atoms with Crippen molar-refractivity contribution < 1.29 is 23.8 Å².